The highest BCUT2D eigenvalue weighted by Crippen LogP contribution is 2.24. The van der Waals surface area contributed by atoms with Crippen LogP contribution in [0.25, 0.3) is 0 Å². The molecule has 1 aliphatic rings. The maximum Gasteiger partial charge on any atom is 0.407 e. The molecule has 1 aliphatic heterocycles. The van der Waals surface area contributed by atoms with E-state index in [0.717, 1.165) is 5.56 Å². The van der Waals surface area contributed by atoms with Gasteiger partial charge in [-0.25, -0.2) is 9.18 Å². The molecule has 160 valence electrons. The number of methoxy groups -OCH3 is 1. The molecule has 2 rings (SSSR count). The van der Waals surface area contributed by atoms with Crippen molar-refractivity contribution in [1.29, 1.82) is 0 Å². The van der Waals surface area contributed by atoms with Gasteiger partial charge in [-0.1, -0.05) is 0 Å². The number of nitrogens with one attached hydrogen (secondary N) is 1. The highest BCUT2D eigenvalue weighted by Gasteiger charge is 2.24. The standard InChI is InChI=1S/C21H29FN2O5/c1-21(2,3)29-20(26)23-13-15(12-22)14-28-17-5-6-18-16(11-17)7-8-24(19(18)25)9-10-27-4/h5-6,11-12H,7-10,13-14H2,1-4H3,(H,23,26)/b15-12+. The van der Waals surface area contributed by atoms with E-state index in [2.05, 4.69) is 5.32 Å². The van der Waals surface area contributed by atoms with E-state index in [-0.39, 0.29) is 24.6 Å². The monoisotopic (exact) mass is 408 g/mol. The Hall–Kier alpha value is -2.61. The van der Waals surface area contributed by atoms with Crippen LogP contribution in [0.15, 0.2) is 30.1 Å². The molecule has 0 atom stereocenters. The van der Waals surface area contributed by atoms with Crippen molar-refractivity contribution in [2.75, 3.05) is 40.0 Å². The van der Waals surface area contributed by atoms with Crippen molar-refractivity contribution in [3.05, 3.63) is 41.2 Å². The number of hydrogen-bond acceptors (Lipinski definition) is 5. The van der Waals surface area contributed by atoms with E-state index in [4.69, 9.17) is 14.2 Å². The largest absolute Gasteiger partial charge is 0.489 e. The van der Waals surface area contributed by atoms with E-state index >= 15 is 0 Å². The van der Waals surface area contributed by atoms with Crippen molar-refractivity contribution in [2.45, 2.75) is 32.8 Å². The first-order valence-corrected chi connectivity index (χ1v) is 9.52. The molecule has 7 nitrogen and oxygen atoms in total. The summed E-state index contributed by atoms with van der Waals surface area (Å²) < 4.78 is 28.9. The van der Waals surface area contributed by atoms with Crippen LogP contribution in [0.3, 0.4) is 0 Å². The lowest BCUT2D eigenvalue weighted by Gasteiger charge is -2.28. The molecule has 0 unspecified atom stereocenters. The topological polar surface area (TPSA) is 77.1 Å². The van der Waals surface area contributed by atoms with Gasteiger partial charge < -0.3 is 24.4 Å². The van der Waals surface area contributed by atoms with Crippen molar-refractivity contribution in [1.82, 2.24) is 10.2 Å². The van der Waals surface area contributed by atoms with Crippen molar-refractivity contribution in [3.8, 4) is 5.75 Å². The first-order valence-electron chi connectivity index (χ1n) is 9.52. The molecule has 0 spiro atoms. The van der Waals surface area contributed by atoms with Gasteiger partial charge in [0.15, 0.2) is 0 Å². The van der Waals surface area contributed by atoms with Crippen LogP contribution in [0.5, 0.6) is 5.75 Å². The zero-order valence-electron chi connectivity index (χ0n) is 17.4. The van der Waals surface area contributed by atoms with E-state index in [9.17, 15) is 14.0 Å². The molecular formula is C21H29FN2O5. The summed E-state index contributed by atoms with van der Waals surface area (Å²) in [6.45, 7) is 6.87. The van der Waals surface area contributed by atoms with Gasteiger partial charge in [-0.15, -0.1) is 0 Å². The number of benzene rings is 1. The highest BCUT2D eigenvalue weighted by molar-refractivity contribution is 5.96. The number of carbonyl (C=O) groups excluding carboxylic acids is 2. The van der Waals surface area contributed by atoms with Gasteiger partial charge >= 0.3 is 6.09 Å². The molecule has 2 amide bonds. The van der Waals surface area contributed by atoms with Gasteiger partial charge in [-0.2, -0.15) is 0 Å². The molecule has 1 heterocycles. The Morgan fingerprint density at radius 2 is 2.10 bits per heavy atom. The predicted octanol–water partition coefficient (Wildman–Crippen LogP) is 3.09. The van der Waals surface area contributed by atoms with E-state index in [0.29, 0.717) is 43.8 Å². The van der Waals surface area contributed by atoms with Crippen molar-refractivity contribution in [2.24, 2.45) is 0 Å². The Labute approximate surface area is 170 Å². The maximum atomic E-state index is 13.1. The molecule has 1 aromatic rings. The summed E-state index contributed by atoms with van der Waals surface area (Å²) in [5.74, 6) is 0.513. The maximum absolute atomic E-state index is 13.1. The number of fused-ring (bicyclic) bond motifs is 1. The lowest BCUT2D eigenvalue weighted by atomic mass is 9.98. The Morgan fingerprint density at radius 3 is 2.76 bits per heavy atom. The van der Waals surface area contributed by atoms with Gasteiger partial charge in [-0.3, -0.25) is 4.79 Å². The van der Waals surface area contributed by atoms with Gasteiger partial charge in [-0.05, 0) is 51.0 Å². The number of halogens is 1. The second-order valence-corrected chi connectivity index (χ2v) is 7.77. The molecule has 1 N–H and O–H groups in total. The van der Waals surface area contributed by atoms with Gasteiger partial charge in [0.1, 0.15) is 18.0 Å². The smallest absolute Gasteiger partial charge is 0.407 e. The van der Waals surface area contributed by atoms with Crippen LogP contribution in [0.1, 0.15) is 36.7 Å². The summed E-state index contributed by atoms with van der Waals surface area (Å²) in [5.41, 5.74) is 1.18. The molecule has 0 fully saturated rings. The van der Waals surface area contributed by atoms with Crippen molar-refractivity contribution in [3.63, 3.8) is 0 Å². The number of nitrogens with zero attached hydrogens (tertiary/aromatic N) is 1. The zero-order valence-corrected chi connectivity index (χ0v) is 17.4. The Kier molecular flexibility index (Phi) is 8.01. The van der Waals surface area contributed by atoms with Crippen molar-refractivity contribution >= 4 is 12.0 Å². The first-order chi connectivity index (χ1) is 13.7. The summed E-state index contributed by atoms with van der Waals surface area (Å²) in [6, 6.07) is 5.22. The van der Waals surface area contributed by atoms with Gasteiger partial charge in [0.25, 0.3) is 5.91 Å². The number of carbonyl (C=O) groups is 2. The fraction of sp³-hybridized carbons (Fsp3) is 0.524. The number of amides is 2. The molecule has 0 aromatic heterocycles. The number of hydrogen-bond donors (Lipinski definition) is 1. The lowest BCUT2D eigenvalue weighted by molar-refractivity contribution is 0.0531. The summed E-state index contributed by atoms with van der Waals surface area (Å²) in [6.07, 6.45) is 0.503. The summed E-state index contributed by atoms with van der Waals surface area (Å²) in [4.78, 5) is 25.9. The minimum atomic E-state index is -0.625. The average Bonchev–Trinajstić information content (AvgIpc) is 2.66. The lowest BCUT2D eigenvalue weighted by Crippen LogP contribution is -2.39. The highest BCUT2D eigenvalue weighted by atomic mass is 19.1. The van der Waals surface area contributed by atoms with E-state index in [1.807, 2.05) is 0 Å². The van der Waals surface area contributed by atoms with Crippen LogP contribution in [-0.2, 0) is 15.9 Å². The third kappa shape index (κ3) is 7.05. The van der Waals surface area contributed by atoms with E-state index in [1.165, 1.54) is 0 Å². The van der Waals surface area contributed by atoms with E-state index < -0.39 is 11.7 Å². The Bertz CT molecular complexity index is 758. The minimum absolute atomic E-state index is 0.0245. The number of alkyl carbamates (subject to hydrolysis) is 1. The van der Waals surface area contributed by atoms with Crippen LogP contribution in [0, 0.1) is 0 Å². The zero-order chi connectivity index (χ0) is 21.4. The molecule has 1 aromatic carbocycles. The van der Waals surface area contributed by atoms with Crippen LogP contribution in [0.2, 0.25) is 0 Å². The third-order valence-electron chi connectivity index (χ3n) is 4.25. The molecule has 0 aliphatic carbocycles. The Morgan fingerprint density at radius 1 is 1.34 bits per heavy atom. The van der Waals surface area contributed by atoms with Crippen molar-refractivity contribution < 1.29 is 28.2 Å². The SMILES string of the molecule is COCCN1CCc2cc(OC/C(=C/F)CNC(=O)OC(C)(C)C)ccc2C1=O. The molecule has 8 heteroatoms. The van der Waals surface area contributed by atoms with E-state index in [1.54, 1.807) is 51.0 Å². The number of ether oxygens (including phenoxy) is 3. The second kappa shape index (κ2) is 10.2. The van der Waals surface area contributed by atoms with Gasteiger partial charge in [0.05, 0.1) is 12.9 Å². The van der Waals surface area contributed by atoms with Crippen LogP contribution in [0.4, 0.5) is 9.18 Å². The molecule has 0 saturated heterocycles. The second-order valence-electron chi connectivity index (χ2n) is 7.77. The Balaban J connectivity index is 1.89. The average molecular weight is 408 g/mol. The van der Waals surface area contributed by atoms with Gasteiger partial charge in [0, 0.05) is 37.9 Å². The number of rotatable bonds is 8. The fourth-order valence-electron chi connectivity index (χ4n) is 2.81. The fourth-order valence-corrected chi connectivity index (χ4v) is 2.81. The first kappa shape index (κ1) is 22.7. The summed E-state index contributed by atoms with van der Waals surface area (Å²) >= 11 is 0. The van der Waals surface area contributed by atoms with Crippen LogP contribution < -0.4 is 10.1 Å². The normalized spacial score (nSPS) is 14.4. The molecule has 0 saturated carbocycles. The summed E-state index contributed by atoms with van der Waals surface area (Å²) in [7, 11) is 1.61. The minimum Gasteiger partial charge on any atom is -0.489 e. The predicted molar refractivity (Wildman–Crippen MR) is 107 cm³/mol. The van der Waals surface area contributed by atoms with Crippen LogP contribution >= 0.6 is 0 Å². The van der Waals surface area contributed by atoms with Gasteiger partial charge in [0.2, 0.25) is 0 Å². The molecule has 0 bridgehead atoms. The quantitative estimate of drug-likeness (QED) is 0.715. The molecule has 0 radical (unpaired) electrons. The molecule has 29 heavy (non-hydrogen) atoms. The summed E-state index contributed by atoms with van der Waals surface area (Å²) in [5, 5.41) is 2.49. The molecular weight excluding hydrogens is 379 g/mol. The third-order valence-corrected chi connectivity index (χ3v) is 4.25. The van der Waals surface area contributed by atoms with Crippen LogP contribution in [-0.4, -0.2) is 62.5 Å².